The average molecular weight is 318 g/mol. The van der Waals surface area contributed by atoms with Crippen LogP contribution in [0.5, 0.6) is 0 Å². The van der Waals surface area contributed by atoms with Crippen LogP contribution in [0.15, 0.2) is 24.3 Å². The van der Waals surface area contributed by atoms with Crippen LogP contribution in [0.2, 0.25) is 0 Å². The van der Waals surface area contributed by atoms with E-state index in [1.54, 1.807) is 4.90 Å². The molecule has 1 aromatic carbocycles. The molecule has 128 valence electrons. The van der Waals surface area contributed by atoms with Crippen LogP contribution in [-0.2, 0) is 16.1 Å². The third kappa shape index (κ3) is 6.05. The predicted molar refractivity (Wildman–Crippen MR) is 94.0 cm³/mol. The van der Waals surface area contributed by atoms with Gasteiger partial charge in [-0.2, -0.15) is 0 Å². The van der Waals surface area contributed by atoms with Crippen LogP contribution in [0.4, 0.5) is 0 Å². The second-order valence-corrected chi connectivity index (χ2v) is 5.93. The van der Waals surface area contributed by atoms with Gasteiger partial charge in [-0.25, -0.2) is 0 Å². The number of unbranched alkanes of at least 4 members (excludes halogenated alkanes) is 1. The lowest BCUT2D eigenvalue weighted by molar-refractivity contribution is -0.141. The Kier molecular flexibility index (Phi) is 8.38. The maximum atomic E-state index is 12.5. The molecule has 0 fully saturated rings. The van der Waals surface area contributed by atoms with Crippen molar-refractivity contribution in [2.24, 2.45) is 0 Å². The Hall–Kier alpha value is -1.84. The molecule has 0 aliphatic heterocycles. The monoisotopic (exact) mass is 318 g/mol. The smallest absolute Gasteiger partial charge is 0.242 e. The molecule has 23 heavy (non-hydrogen) atoms. The molecule has 0 bridgehead atoms. The van der Waals surface area contributed by atoms with E-state index in [1.807, 2.05) is 39.0 Å². The van der Waals surface area contributed by atoms with Crippen LogP contribution >= 0.6 is 0 Å². The summed E-state index contributed by atoms with van der Waals surface area (Å²) in [6.07, 6.45) is 3.03. The number of hydrogen-bond donors (Lipinski definition) is 1. The molecule has 0 saturated heterocycles. The van der Waals surface area contributed by atoms with Crippen LogP contribution in [0.1, 0.15) is 57.6 Å². The Morgan fingerprint density at radius 1 is 1.22 bits per heavy atom. The summed E-state index contributed by atoms with van der Waals surface area (Å²) in [6.45, 7) is 9.07. The van der Waals surface area contributed by atoms with Gasteiger partial charge in [-0.15, -0.1) is 0 Å². The van der Waals surface area contributed by atoms with Gasteiger partial charge in [-0.1, -0.05) is 57.0 Å². The van der Waals surface area contributed by atoms with Crippen molar-refractivity contribution in [3.63, 3.8) is 0 Å². The molecule has 2 amide bonds. The zero-order valence-corrected chi connectivity index (χ0v) is 14.9. The Morgan fingerprint density at radius 2 is 1.96 bits per heavy atom. The van der Waals surface area contributed by atoms with Gasteiger partial charge in [0.2, 0.25) is 11.8 Å². The average Bonchev–Trinajstić information content (AvgIpc) is 2.54. The second-order valence-electron chi connectivity index (χ2n) is 5.93. The fourth-order valence-corrected chi connectivity index (χ4v) is 2.64. The Morgan fingerprint density at radius 3 is 2.52 bits per heavy atom. The van der Waals surface area contributed by atoms with Crippen LogP contribution in [0, 0.1) is 6.92 Å². The number of benzene rings is 1. The summed E-state index contributed by atoms with van der Waals surface area (Å²) >= 11 is 0. The Balaban J connectivity index is 2.89. The van der Waals surface area contributed by atoms with E-state index in [-0.39, 0.29) is 11.8 Å². The van der Waals surface area contributed by atoms with Gasteiger partial charge < -0.3 is 10.2 Å². The lowest BCUT2D eigenvalue weighted by Gasteiger charge is -2.30. The predicted octanol–water partition coefficient (Wildman–Crippen LogP) is 3.43. The molecule has 0 radical (unpaired) electrons. The van der Waals surface area contributed by atoms with E-state index in [4.69, 9.17) is 0 Å². The molecule has 1 aromatic rings. The number of amides is 2. The zero-order valence-electron chi connectivity index (χ0n) is 14.9. The van der Waals surface area contributed by atoms with E-state index >= 15 is 0 Å². The normalized spacial score (nSPS) is 11.8. The van der Waals surface area contributed by atoms with Crippen LogP contribution in [0.3, 0.4) is 0 Å². The number of carbonyl (C=O) groups excluding carboxylic acids is 2. The van der Waals surface area contributed by atoms with Crippen molar-refractivity contribution in [3.05, 3.63) is 35.4 Å². The Labute approximate surface area is 140 Å². The summed E-state index contributed by atoms with van der Waals surface area (Å²) in [5.74, 6) is -0.0283. The minimum absolute atomic E-state index is 0.0176. The molecule has 0 aromatic heterocycles. The van der Waals surface area contributed by atoms with Gasteiger partial charge in [-0.3, -0.25) is 9.59 Å². The molecule has 1 unspecified atom stereocenters. The fourth-order valence-electron chi connectivity index (χ4n) is 2.64. The first kappa shape index (κ1) is 19.2. The molecular weight excluding hydrogens is 288 g/mol. The van der Waals surface area contributed by atoms with Crippen molar-refractivity contribution in [1.82, 2.24) is 10.2 Å². The van der Waals surface area contributed by atoms with E-state index in [9.17, 15) is 9.59 Å². The van der Waals surface area contributed by atoms with E-state index in [0.29, 0.717) is 25.9 Å². The van der Waals surface area contributed by atoms with Gasteiger partial charge in [0, 0.05) is 19.5 Å². The minimum Gasteiger partial charge on any atom is -0.354 e. The molecule has 0 saturated carbocycles. The standard InChI is InChI=1S/C19H30N2O2/c1-5-8-12-20-19(23)17(6-2)21(18(22)7-3)14-16-11-9-10-15(4)13-16/h9-11,13,17H,5-8,12,14H2,1-4H3,(H,20,23). The number of hydrogen-bond acceptors (Lipinski definition) is 2. The van der Waals surface area contributed by atoms with Crippen LogP contribution in [0.25, 0.3) is 0 Å². The van der Waals surface area contributed by atoms with Crippen molar-refractivity contribution >= 4 is 11.8 Å². The van der Waals surface area contributed by atoms with E-state index in [2.05, 4.69) is 18.3 Å². The fraction of sp³-hybridized carbons (Fsp3) is 0.579. The third-order valence-electron chi connectivity index (χ3n) is 3.95. The molecular formula is C19H30N2O2. The summed E-state index contributed by atoms with van der Waals surface area (Å²) in [7, 11) is 0. The van der Waals surface area contributed by atoms with Gasteiger partial charge in [0.05, 0.1) is 0 Å². The van der Waals surface area contributed by atoms with E-state index in [0.717, 1.165) is 24.0 Å². The first-order valence-electron chi connectivity index (χ1n) is 8.66. The van der Waals surface area contributed by atoms with Crippen molar-refractivity contribution in [3.8, 4) is 0 Å². The highest BCUT2D eigenvalue weighted by Gasteiger charge is 2.27. The molecule has 4 heteroatoms. The zero-order chi connectivity index (χ0) is 17.2. The first-order chi connectivity index (χ1) is 11.0. The summed E-state index contributed by atoms with van der Waals surface area (Å²) in [5.41, 5.74) is 2.22. The van der Waals surface area contributed by atoms with E-state index in [1.165, 1.54) is 0 Å². The lowest BCUT2D eigenvalue weighted by atomic mass is 10.1. The summed E-state index contributed by atoms with van der Waals surface area (Å²) in [5, 5.41) is 2.96. The summed E-state index contributed by atoms with van der Waals surface area (Å²) < 4.78 is 0. The third-order valence-corrected chi connectivity index (χ3v) is 3.95. The van der Waals surface area contributed by atoms with Crippen molar-refractivity contribution in [2.75, 3.05) is 6.54 Å². The largest absolute Gasteiger partial charge is 0.354 e. The molecule has 0 aliphatic carbocycles. The topological polar surface area (TPSA) is 49.4 Å². The highest BCUT2D eigenvalue weighted by molar-refractivity contribution is 5.87. The van der Waals surface area contributed by atoms with Crippen LogP contribution in [-0.4, -0.2) is 29.3 Å². The molecule has 1 atom stereocenters. The lowest BCUT2D eigenvalue weighted by Crippen LogP contribution is -2.49. The number of rotatable bonds is 9. The van der Waals surface area contributed by atoms with Gasteiger partial charge in [0.15, 0.2) is 0 Å². The van der Waals surface area contributed by atoms with Gasteiger partial charge >= 0.3 is 0 Å². The number of nitrogens with zero attached hydrogens (tertiary/aromatic N) is 1. The highest BCUT2D eigenvalue weighted by atomic mass is 16.2. The minimum atomic E-state index is -0.403. The maximum absolute atomic E-state index is 12.5. The Bertz CT molecular complexity index is 514. The van der Waals surface area contributed by atoms with Crippen molar-refractivity contribution in [2.45, 2.75) is 66.0 Å². The summed E-state index contributed by atoms with van der Waals surface area (Å²) in [6, 6.07) is 7.69. The molecule has 1 rings (SSSR count). The van der Waals surface area contributed by atoms with Gasteiger partial charge in [0.1, 0.15) is 6.04 Å². The van der Waals surface area contributed by atoms with E-state index < -0.39 is 6.04 Å². The number of aryl methyl sites for hydroxylation is 1. The maximum Gasteiger partial charge on any atom is 0.242 e. The van der Waals surface area contributed by atoms with Crippen molar-refractivity contribution in [1.29, 1.82) is 0 Å². The van der Waals surface area contributed by atoms with Gasteiger partial charge in [-0.05, 0) is 25.3 Å². The SMILES string of the molecule is CCCCNC(=O)C(CC)N(Cc1cccc(C)c1)C(=O)CC. The number of carbonyl (C=O) groups is 2. The second kappa shape index (κ2) is 10.0. The number of nitrogens with one attached hydrogen (secondary N) is 1. The van der Waals surface area contributed by atoms with Crippen molar-refractivity contribution < 1.29 is 9.59 Å². The molecule has 1 N–H and O–H groups in total. The highest BCUT2D eigenvalue weighted by Crippen LogP contribution is 2.14. The molecule has 0 aliphatic rings. The molecule has 0 spiro atoms. The molecule has 4 nitrogen and oxygen atoms in total. The molecule has 0 heterocycles. The first-order valence-corrected chi connectivity index (χ1v) is 8.66. The van der Waals surface area contributed by atoms with Gasteiger partial charge in [0.25, 0.3) is 0 Å². The summed E-state index contributed by atoms with van der Waals surface area (Å²) in [4.78, 5) is 26.6. The van der Waals surface area contributed by atoms with Crippen LogP contribution < -0.4 is 5.32 Å². The quantitative estimate of drug-likeness (QED) is 0.709.